The first-order valence-corrected chi connectivity index (χ1v) is 6.35. The third kappa shape index (κ3) is 3.14. The van der Waals surface area contributed by atoms with Crippen LogP contribution in [-0.2, 0) is 0 Å². The summed E-state index contributed by atoms with van der Waals surface area (Å²) in [6, 6.07) is 4.16. The van der Waals surface area contributed by atoms with Crippen LogP contribution in [-0.4, -0.2) is 12.6 Å². The van der Waals surface area contributed by atoms with Gasteiger partial charge < -0.3 is 5.32 Å². The number of rotatable bonds is 4. The van der Waals surface area contributed by atoms with Crippen molar-refractivity contribution in [3.05, 3.63) is 38.8 Å². The first-order valence-electron chi connectivity index (χ1n) is 5.22. The van der Waals surface area contributed by atoms with Gasteiger partial charge in [0.2, 0.25) is 0 Å². The third-order valence-electron chi connectivity index (χ3n) is 2.47. The highest BCUT2D eigenvalue weighted by Gasteiger charge is 2.19. The maximum atomic E-state index is 6.06. The highest BCUT2D eigenvalue weighted by Crippen LogP contribution is 2.32. The average molecular weight is 277 g/mol. The molecule has 1 aliphatic carbocycles. The number of hydrogen-bond acceptors (Lipinski definition) is 1. The van der Waals surface area contributed by atoms with Crippen LogP contribution < -0.4 is 5.32 Å². The van der Waals surface area contributed by atoms with Gasteiger partial charge in [-0.1, -0.05) is 47.0 Å². The van der Waals surface area contributed by atoms with Crippen LogP contribution in [0.25, 0.3) is 6.08 Å². The lowest BCUT2D eigenvalue weighted by Crippen LogP contribution is -2.15. The van der Waals surface area contributed by atoms with Crippen LogP contribution in [0.2, 0.25) is 15.1 Å². The normalized spacial score (nSPS) is 15.9. The van der Waals surface area contributed by atoms with Crippen molar-refractivity contribution in [2.24, 2.45) is 0 Å². The van der Waals surface area contributed by atoms with Gasteiger partial charge in [-0.15, -0.1) is 0 Å². The topological polar surface area (TPSA) is 12.0 Å². The highest BCUT2D eigenvalue weighted by atomic mass is 35.5. The maximum absolute atomic E-state index is 6.06. The fraction of sp³-hybridized carbons (Fsp3) is 0.333. The molecule has 16 heavy (non-hydrogen) atoms. The van der Waals surface area contributed by atoms with Crippen molar-refractivity contribution < 1.29 is 0 Å². The van der Waals surface area contributed by atoms with Crippen molar-refractivity contribution in [3.63, 3.8) is 0 Å². The predicted octanol–water partition coefficient (Wildman–Crippen LogP) is 4.41. The quantitative estimate of drug-likeness (QED) is 0.803. The molecule has 1 aromatic carbocycles. The summed E-state index contributed by atoms with van der Waals surface area (Å²) in [7, 11) is 0. The molecule has 1 fully saturated rings. The highest BCUT2D eigenvalue weighted by molar-refractivity contribution is 6.44. The summed E-state index contributed by atoms with van der Waals surface area (Å²) in [5.41, 5.74) is 0.786. The van der Waals surface area contributed by atoms with Gasteiger partial charge >= 0.3 is 0 Å². The van der Waals surface area contributed by atoms with E-state index in [1.165, 1.54) is 12.8 Å². The fourth-order valence-electron chi connectivity index (χ4n) is 1.39. The van der Waals surface area contributed by atoms with E-state index in [2.05, 4.69) is 5.32 Å². The van der Waals surface area contributed by atoms with Crippen LogP contribution in [0.15, 0.2) is 18.2 Å². The van der Waals surface area contributed by atoms with Gasteiger partial charge in [0.25, 0.3) is 0 Å². The molecule has 0 aromatic heterocycles. The molecular weight excluding hydrogens is 264 g/mol. The zero-order valence-corrected chi connectivity index (χ0v) is 10.9. The molecular formula is C12H12Cl3N. The van der Waals surface area contributed by atoms with E-state index in [-0.39, 0.29) is 0 Å². The second-order valence-corrected chi connectivity index (χ2v) is 5.03. The summed E-state index contributed by atoms with van der Waals surface area (Å²) in [4.78, 5) is 0. The zero-order valence-electron chi connectivity index (χ0n) is 8.64. The molecule has 4 heteroatoms. The van der Waals surface area contributed by atoms with Crippen LogP contribution in [0.4, 0.5) is 0 Å². The van der Waals surface area contributed by atoms with E-state index in [0.29, 0.717) is 21.1 Å². The minimum atomic E-state index is 0.511. The molecule has 1 saturated carbocycles. The molecule has 1 nitrogen and oxygen atoms in total. The van der Waals surface area contributed by atoms with Gasteiger partial charge in [-0.3, -0.25) is 0 Å². The molecule has 0 radical (unpaired) electrons. The second kappa shape index (κ2) is 5.42. The molecule has 0 amide bonds. The average Bonchev–Trinajstić information content (AvgIpc) is 3.07. The number of nitrogens with one attached hydrogen (secondary N) is 1. The van der Waals surface area contributed by atoms with Gasteiger partial charge in [0, 0.05) is 23.2 Å². The number of benzene rings is 1. The van der Waals surface area contributed by atoms with Crippen molar-refractivity contribution in [3.8, 4) is 0 Å². The molecule has 0 spiro atoms. The Morgan fingerprint density at radius 2 is 1.88 bits per heavy atom. The molecule has 0 heterocycles. The Morgan fingerprint density at radius 3 is 2.56 bits per heavy atom. The van der Waals surface area contributed by atoms with Crippen molar-refractivity contribution in [2.45, 2.75) is 18.9 Å². The molecule has 1 aromatic rings. The second-order valence-electron chi connectivity index (χ2n) is 3.84. The molecule has 2 rings (SSSR count). The van der Waals surface area contributed by atoms with E-state index in [1.54, 1.807) is 12.1 Å². The minimum Gasteiger partial charge on any atom is -0.311 e. The monoisotopic (exact) mass is 275 g/mol. The number of halogens is 3. The summed E-state index contributed by atoms with van der Waals surface area (Å²) in [6.45, 7) is 0.837. The number of hydrogen-bond donors (Lipinski definition) is 1. The van der Waals surface area contributed by atoms with Gasteiger partial charge in [-0.25, -0.2) is 0 Å². The molecule has 0 aliphatic heterocycles. The molecule has 0 unspecified atom stereocenters. The maximum Gasteiger partial charge on any atom is 0.0679 e. The van der Waals surface area contributed by atoms with Crippen LogP contribution in [0.3, 0.4) is 0 Å². The Hall–Kier alpha value is -0.210. The third-order valence-corrected chi connectivity index (χ3v) is 3.61. The van der Waals surface area contributed by atoms with Crippen LogP contribution in [0, 0.1) is 0 Å². The van der Waals surface area contributed by atoms with Crippen molar-refractivity contribution in [2.75, 3.05) is 6.54 Å². The lowest BCUT2D eigenvalue weighted by atomic mass is 10.2. The largest absolute Gasteiger partial charge is 0.311 e. The van der Waals surface area contributed by atoms with E-state index in [0.717, 1.165) is 12.1 Å². The summed E-state index contributed by atoms with van der Waals surface area (Å²) < 4.78 is 0. The van der Waals surface area contributed by atoms with Gasteiger partial charge in [-0.05, 0) is 25.0 Å². The lowest BCUT2D eigenvalue weighted by molar-refractivity contribution is 0.754. The summed E-state index contributed by atoms with van der Waals surface area (Å²) >= 11 is 18.0. The van der Waals surface area contributed by atoms with E-state index >= 15 is 0 Å². The lowest BCUT2D eigenvalue weighted by Gasteiger charge is -2.03. The van der Waals surface area contributed by atoms with E-state index < -0.39 is 0 Å². The molecule has 0 atom stereocenters. The summed E-state index contributed by atoms with van der Waals surface area (Å²) in [6.07, 6.45) is 6.49. The zero-order chi connectivity index (χ0) is 11.5. The van der Waals surface area contributed by atoms with E-state index in [1.807, 2.05) is 12.2 Å². The standard InChI is InChI=1S/C12H12Cl3N/c13-10-5-6-11(14)12(15)9(10)2-1-7-16-8-3-4-8/h1-2,5-6,8,16H,3-4,7H2/b2-1+. The Morgan fingerprint density at radius 1 is 1.19 bits per heavy atom. The molecule has 1 N–H and O–H groups in total. The Labute approximate surface area is 110 Å². The summed E-state index contributed by atoms with van der Waals surface area (Å²) in [5, 5.41) is 5.04. The van der Waals surface area contributed by atoms with Gasteiger partial charge in [0.1, 0.15) is 0 Å². The van der Waals surface area contributed by atoms with Crippen LogP contribution in [0.1, 0.15) is 18.4 Å². The molecule has 86 valence electrons. The fourth-order valence-corrected chi connectivity index (χ4v) is 2.06. The van der Waals surface area contributed by atoms with Crippen molar-refractivity contribution in [1.29, 1.82) is 0 Å². The van der Waals surface area contributed by atoms with E-state index in [9.17, 15) is 0 Å². The van der Waals surface area contributed by atoms with Crippen molar-refractivity contribution in [1.82, 2.24) is 5.32 Å². The van der Waals surface area contributed by atoms with Crippen molar-refractivity contribution >= 4 is 40.9 Å². The molecule has 1 aliphatic rings. The SMILES string of the molecule is Clc1ccc(Cl)c(/C=C/CNC2CC2)c1Cl. The van der Waals surface area contributed by atoms with Gasteiger partial charge in [0.05, 0.1) is 10.0 Å². The smallest absolute Gasteiger partial charge is 0.0679 e. The Balaban J connectivity index is 2.03. The summed E-state index contributed by atoms with van der Waals surface area (Å²) in [5.74, 6) is 0. The van der Waals surface area contributed by atoms with Crippen LogP contribution >= 0.6 is 34.8 Å². The first-order chi connectivity index (χ1) is 7.68. The Bertz CT molecular complexity index is 411. The first kappa shape index (κ1) is 12.3. The van der Waals surface area contributed by atoms with Gasteiger partial charge in [-0.2, -0.15) is 0 Å². The predicted molar refractivity (Wildman–Crippen MR) is 71.5 cm³/mol. The van der Waals surface area contributed by atoms with Gasteiger partial charge in [0.15, 0.2) is 0 Å². The Kier molecular flexibility index (Phi) is 4.15. The van der Waals surface area contributed by atoms with Crippen LogP contribution in [0.5, 0.6) is 0 Å². The van der Waals surface area contributed by atoms with E-state index in [4.69, 9.17) is 34.8 Å². The molecule has 0 saturated heterocycles. The molecule has 0 bridgehead atoms. The minimum absolute atomic E-state index is 0.511.